The highest BCUT2D eigenvalue weighted by Gasteiger charge is 2.32. The first-order valence-corrected chi connectivity index (χ1v) is 7.02. The molecule has 0 saturated carbocycles. The van der Waals surface area contributed by atoms with Crippen molar-refractivity contribution >= 4 is 5.91 Å². The maximum Gasteiger partial charge on any atom is 0.256 e. The van der Waals surface area contributed by atoms with Gasteiger partial charge in [-0.3, -0.25) is 4.79 Å². The largest absolute Gasteiger partial charge is 0.494 e. The normalized spacial score (nSPS) is 17.8. The lowest BCUT2D eigenvalue weighted by molar-refractivity contribution is 0.0784. The fourth-order valence-corrected chi connectivity index (χ4v) is 2.63. The summed E-state index contributed by atoms with van der Waals surface area (Å²) in [6.45, 7) is 2.72. The number of aryl methyl sites for hydroxylation is 1. The van der Waals surface area contributed by atoms with Crippen molar-refractivity contribution < 1.29 is 18.4 Å². The minimum absolute atomic E-state index is 0.00109. The summed E-state index contributed by atoms with van der Waals surface area (Å²) in [5.74, 6) is 0.174. The SMILES string of the molecule is COc1cccc(C(=O)N2CC[C@H](c3nc(C)no3)C2)c1F. The Morgan fingerprint density at radius 3 is 3.00 bits per heavy atom. The fraction of sp³-hybridized carbons (Fsp3) is 0.400. The number of ether oxygens (including phenoxy) is 1. The molecule has 1 aromatic carbocycles. The number of likely N-dealkylation sites (tertiary alicyclic amines) is 1. The van der Waals surface area contributed by atoms with Gasteiger partial charge in [0.2, 0.25) is 5.89 Å². The number of hydrogen-bond donors (Lipinski definition) is 0. The Kier molecular flexibility index (Phi) is 3.79. The maximum absolute atomic E-state index is 14.2. The predicted octanol–water partition coefficient (Wildman–Crippen LogP) is 2.16. The molecule has 1 aliphatic heterocycles. The van der Waals surface area contributed by atoms with Gasteiger partial charge in [-0.25, -0.2) is 4.39 Å². The number of amides is 1. The molecule has 1 aromatic heterocycles. The van der Waals surface area contributed by atoms with Crippen LogP contribution in [0.2, 0.25) is 0 Å². The van der Waals surface area contributed by atoms with Crippen LogP contribution in [0.25, 0.3) is 0 Å². The topological polar surface area (TPSA) is 68.5 Å². The second kappa shape index (κ2) is 5.75. The molecule has 7 heteroatoms. The summed E-state index contributed by atoms with van der Waals surface area (Å²) >= 11 is 0. The van der Waals surface area contributed by atoms with Crippen LogP contribution in [0.15, 0.2) is 22.7 Å². The van der Waals surface area contributed by atoms with E-state index < -0.39 is 5.82 Å². The van der Waals surface area contributed by atoms with E-state index in [-0.39, 0.29) is 23.1 Å². The van der Waals surface area contributed by atoms with Crippen LogP contribution in [-0.4, -0.2) is 41.1 Å². The van der Waals surface area contributed by atoms with Gasteiger partial charge in [0.1, 0.15) is 0 Å². The van der Waals surface area contributed by atoms with E-state index in [0.717, 1.165) is 6.42 Å². The minimum atomic E-state index is -0.632. The molecule has 6 nitrogen and oxygen atoms in total. The lowest BCUT2D eigenvalue weighted by atomic mass is 10.1. The molecular weight excluding hydrogens is 289 g/mol. The molecule has 0 unspecified atom stereocenters. The Balaban J connectivity index is 1.77. The van der Waals surface area contributed by atoms with Crippen LogP contribution in [-0.2, 0) is 0 Å². The van der Waals surface area contributed by atoms with E-state index in [1.54, 1.807) is 17.9 Å². The molecule has 116 valence electrons. The van der Waals surface area contributed by atoms with Gasteiger partial charge in [-0.05, 0) is 25.5 Å². The summed E-state index contributed by atoms with van der Waals surface area (Å²) in [4.78, 5) is 18.3. The number of benzene rings is 1. The molecule has 1 amide bonds. The van der Waals surface area contributed by atoms with Crippen molar-refractivity contribution in [3.63, 3.8) is 0 Å². The molecule has 0 radical (unpaired) electrons. The quantitative estimate of drug-likeness (QED) is 0.869. The van der Waals surface area contributed by atoms with E-state index in [2.05, 4.69) is 10.1 Å². The van der Waals surface area contributed by atoms with Crippen molar-refractivity contribution in [1.29, 1.82) is 0 Å². The summed E-state index contributed by atoms with van der Waals surface area (Å²) in [6, 6.07) is 4.55. The number of halogens is 1. The molecule has 1 aliphatic rings. The van der Waals surface area contributed by atoms with Gasteiger partial charge < -0.3 is 14.2 Å². The third-order valence-corrected chi connectivity index (χ3v) is 3.78. The van der Waals surface area contributed by atoms with Crippen LogP contribution < -0.4 is 4.74 Å². The first kappa shape index (κ1) is 14.5. The Labute approximate surface area is 126 Å². The fourth-order valence-electron chi connectivity index (χ4n) is 2.63. The monoisotopic (exact) mass is 305 g/mol. The summed E-state index contributed by atoms with van der Waals surface area (Å²) in [5.41, 5.74) is 0.0155. The van der Waals surface area contributed by atoms with Crippen LogP contribution in [0.5, 0.6) is 5.75 Å². The second-order valence-corrected chi connectivity index (χ2v) is 5.24. The van der Waals surface area contributed by atoms with Gasteiger partial charge in [0.15, 0.2) is 17.4 Å². The molecule has 1 atom stereocenters. The van der Waals surface area contributed by atoms with Crippen LogP contribution in [0.4, 0.5) is 4.39 Å². The molecule has 1 fully saturated rings. The van der Waals surface area contributed by atoms with Crippen molar-refractivity contribution in [3.05, 3.63) is 41.3 Å². The zero-order valence-electron chi connectivity index (χ0n) is 12.4. The first-order chi connectivity index (χ1) is 10.6. The van der Waals surface area contributed by atoms with Crippen molar-refractivity contribution in [2.24, 2.45) is 0 Å². The smallest absolute Gasteiger partial charge is 0.256 e. The Hall–Kier alpha value is -2.44. The molecule has 2 heterocycles. The molecule has 0 bridgehead atoms. The van der Waals surface area contributed by atoms with E-state index in [4.69, 9.17) is 9.26 Å². The average molecular weight is 305 g/mol. The van der Waals surface area contributed by atoms with Crippen molar-refractivity contribution in [1.82, 2.24) is 15.0 Å². The van der Waals surface area contributed by atoms with E-state index >= 15 is 0 Å². The van der Waals surface area contributed by atoms with Gasteiger partial charge in [0.05, 0.1) is 18.6 Å². The molecule has 3 rings (SSSR count). The Morgan fingerprint density at radius 1 is 1.50 bits per heavy atom. The number of carbonyl (C=O) groups is 1. The summed E-state index contributed by atoms with van der Waals surface area (Å²) in [7, 11) is 1.37. The minimum Gasteiger partial charge on any atom is -0.494 e. The van der Waals surface area contributed by atoms with Crippen LogP contribution >= 0.6 is 0 Å². The molecule has 2 aromatic rings. The first-order valence-electron chi connectivity index (χ1n) is 7.02. The van der Waals surface area contributed by atoms with E-state index in [1.165, 1.54) is 19.2 Å². The third kappa shape index (κ3) is 2.54. The van der Waals surface area contributed by atoms with Gasteiger partial charge in [-0.15, -0.1) is 0 Å². The summed E-state index contributed by atoms with van der Waals surface area (Å²) in [6.07, 6.45) is 0.721. The van der Waals surface area contributed by atoms with E-state index in [9.17, 15) is 9.18 Å². The number of hydrogen-bond acceptors (Lipinski definition) is 5. The molecular formula is C15H16FN3O3. The number of nitrogens with zero attached hydrogens (tertiary/aromatic N) is 3. The molecule has 0 aliphatic carbocycles. The van der Waals surface area contributed by atoms with Crippen molar-refractivity contribution in [3.8, 4) is 5.75 Å². The Morgan fingerprint density at radius 2 is 2.32 bits per heavy atom. The number of carbonyl (C=O) groups excluding carboxylic acids is 1. The lowest BCUT2D eigenvalue weighted by Gasteiger charge is -2.17. The standard InChI is InChI=1S/C15H16FN3O3/c1-9-17-14(22-18-9)10-6-7-19(8-10)15(20)11-4-3-5-12(21-2)13(11)16/h3-5,10H,6-8H2,1-2H3/t10-/m0/s1. The van der Waals surface area contributed by atoms with Crippen LogP contribution in [0, 0.1) is 12.7 Å². The maximum atomic E-state index is 14.2. The van der Waals surface area contributed by atoms with Crippen LogP contribution in [0.3, 0.4) is 0 Å². The van der Waals surface area contributed by atoms with Gasteiger partial charge in [-0.1, -0.05) is 11.2 Å². The van der Waals surface area contributed by atoms with Crippen LogP contribution in [0.1, 0.15) is 34.4 Å². The predicted molar refractivity (Wildman–Crippen MR) is 75.2 cm³/mol. The zero-order chi connectivity index (χ0) is 15.7. The summed E-state index contributed by atoms with van der Waals surface area (Å²) < 4.78 is 24.2. The highest BCUT2D eigenvalue weighted by Crippen LogP contribution is 2.28. The number of rotatable bonds is 3. The molecule has 22 heavy (non-hydrogen) atoms. The highest BCUT2D eigenvalue weighted by atomic mass is 19.1. The van der Waals surface area contributed by atoms with Gasteiger partial charge in [0.25, 0.3) is 5.91 Å². The third-order valence-electron chi connectivity index (χ3n) is 3.78. The number of aromatic nitrogens is 2. The second-order valence-electron chi connectivity index (χ2n) is 5.24. The van der Waals surface area contributed by atoms with Gasteiger partial charge in [0, 0.05) is 13.1 Å². The van der Waals surface area contributed by atoms with Gasteiger partial charge >= 0.3 is 0 Å². The van der Waals surface area contributed by atoms with E-state index in [1.807, 2.05) is 0 Å². The Bertz CT molecular complexity index is 701. The van der Waals surface area contributed by atoms with Gasteiger partial charge in [-0.2, -0.15) is 4.98 Å². The molecule has 0 N–H and O–H groups in total. The summed E-state index contributed by atoms with van der Waals surface area (Å²) in [5, 5.41) is 3.76. The van der Waals surface area contributed by atoms with E-state index in [0.29, 0.717) is 24.8 Å². The van der Waals surface area contributed by atoms with Crippen molar-refractivity contribution in [2.45, 2.75) is 19.3 Å². The molecule has 0 spiro atoms. The zero-order valence-corrected chi connectivity index (χ0v) is 12.4. The number of methoxy groups -OCH3 is 1. The lowest BCUT2D eigenvalue weighted by Crippen LogP contribution is -2.29. The molecule has 1 saturated heterocycles. The van der Waals surface area contributed by atoms with Crippen molar-refractivity contribution in [2.75, 3.05) is 20.2 Å². The average Bonchev–Trinajstić information content (AvgIpc) is 3.15. The highest BCUT2D eigenvalue weighted by molar-refractivity contribution is 5.95.